The van der Waals surface area contributed by atoms with Crippen LogP contribution in [0.5, 0.6) is 0 Å². The molecular formula is C20H24ClN3O4S. The molecule has 0 fully saturated rings. The van der Waals surface area contributed by atoms with Crippen molar-refractivity contribution in [2.24, 2.45) is 5.41 Å². The Morgan fingerprint density at radius 3 is 2.24 bits per heavy atom. The van der Waals surface area contributed by atoms with Crippen molar-refractivity contribution in [1.29, 1.82) is 0 Å². The summed E-state index contributed by atoms with van der Waals surface area (Å²) in [6, 6.07) is 12.4. The minimum absolute atomic E-state index is 0.0281. The van der Waals surface area contributed by atoms with Crippen LogP contribution in [-0.4, -0.2) is 33.3 Å². The Balaban J connectivity index is 1.84. The number of hydrogen-bond acceptors (Lipinski definition) is 4. The Bertz CT molecular complexity index is 984. The van der Waals surface area contributed by atoms with E-state index in [-0.39, 0.29) is 29.8 Å². The van der Waals surface area contributed by atoms with Crippen LogP contribution < -0.4 is 15.4 Å². The summed E-state index contributed by atoms with van der Waals surface area (Å²) in [5.41, 5.74) is 0.473. The van der Waals surface area contributed by atoms with Crippen LogP contribution in [0.2, 0.25) is 5.02 Å². The van der Waals surface area contributed by atoms with Crippen LogP contribution in [0.25, 0.3) is 0 Å². The Morgan fingerprint density at radius 1 is 1.00 bits per heavy atom. The van der Waals surface area contributed by atoms with E-state index in [1.807, 2.05) is 20.8 Å². The molecule has 0 heterocycles. The van der Waals surface area contributed by atoms with Gasteiger partial charge in [-0.2, -0.15) is 0 Å². The van der Waals surface area contributed by atoms with Gasteiger partial charge in [-0.05, 0) is 42.5 Å². The van der Waals surface area contributed by atoms with Crippen LogP contribution in [0.3, 0.4) is 0 Å². The maximum absolute atomic E-state index is 12.2. The smallest absolute Gasteiger partial charge is 0.251 e. The number of rotatable bonds is 7. The first kappa shape index (κ1) is 22.9. The van der Waals surface area contributed by atoms with Crippen molar-refractivity contribution in [3.63, 3.8) is 0 Å². The average molecular weight is 438 g/mol. The Labute approximate surface area is 175 Å². The molecule has 2 rings (SSSR count). The highest BCUT2D eigenvalue weighted by Gasteiger charge is 2.21. The quantitative estimate of drug-likeness (QED) is 0.579. The van der Waals surface area contributed by atoms with E-state index in [1.165, 1.54) is 12.1 Å². The molecule has 7 nitrogen and oxygen atoms in total. The van der Waals surface area contributed by atoms with Crippen molar-refractivity contribution in [1.82, 2.24) is 10.0 Å². The summed E-state index contributed by atoms with van der Waals surface area (Å²) in [5.74, 6) is -0.470. The zero-order valence-corrected chi connectivity index (χ0v) is 18.0. The number of carbonyl (C=O) groups excluding carboxylic acids is 2. The van der Waals surface area contributed by atoms with Crippen LogP contribution in [0.1, 0.15) is 31.1 Å². The minimum Gasteiger partial charge on any atom is -0.351 e. The van der Waals surface area contributed by atoms with Crippen molar-refractivity contribution in [3.8, 4) is 0 Å². The van der Waals surface area contributed by atoms with Gasteiger partial charge in [0.15, 0.2) is 0 Å². The number of amides is 2. The summed E-state index contributed by atoms with van der Waals surface area (Å²) in [5, 5.41) is 5.74. The van der Waals surface area contributed by atoms with Crippen LogP contribution in [0, 0.1) is 5.41 Å². The first-order chi connectivity index (χ1) is 13.5. The molecule has 0 bridgehead atoms. The second-order valence-electron chi connectivity index (χ2n) is 7.39. The molecule has 0 aliphatic carbocycles. The predicted molar refractivity (Wildman–Crippen MR) is 114 cm³/mol. The van der Waals surface area contributed by atoms with Gasteiger partial charge in [0.05, 0.1) is 4.90 Å². The minimum atomic E-state index is -3.70. The molecule has 2 amide bonds. The van der Waals surface area contributed by atoms with E-state index in [2.05, 4.69) is 15.4 Å². The third kappa shape index (κ3) is 6.85. The van der Waals surface area contributed by atoms with E-state index in [0.29, 0.717) is 16.3 Å². The largest absolute Gasteiger partial charge is 0.351 e. The molecule has 156 valence electrons. The maximum atomic E-state index is 12.2. The Morgan fingerprint density at radius 2 is 1.66 bits per heavy atom. The number of halogens is 1. The monoisotopic (exact) mass is 437 g/mol. The van der Waals surface area contributed by atoms with Crippen LogP contribution >= 0.6 is 11.6 Å². The fraction of sp³-hybridized carbons (Fsp3) is 0.300. The molecule has 0 radical (unpaired) electrons. The fourth-order valence-corrected chi connectivity index (χ4v) is 3.54. The number of carbonyl (C=O) groups is 2. The van der Waals surface area contributed by atoms with Crippen molar-refractivity contribution in [2.75, 3.05) is 18.4 Å². The van der Waals surface area contributed by atoms with Crippen molar-refractivity contribution in [2.45, 2.75) is 25.7 Å². The summed E-state index contributed by atoms with van der Waals surface area (Å²) in [7, 11) is -3.70. The van der Waals surface area contributed by atoms with Gasteiger partial charge in [-0.25, -0.2) is 13.1 Å². The molecule has 29 heavy (non-hydrogen) atoms. The lowest BCUT2D eigenvalue weighted by molar-refractivity contribution is -0.123. The van der Waals surface area contributed by atoms with Gasteiger partial charge >= 0.3 is 0 Å². The predicted octanol–water partition coefficient (Wildman–Crippen LogP) is 3.03. The molecule has 0 saturated heterocycles. The molecular weight excluding hydrogens is 414 g/mol. The number of benzene rings is 2. The highest BCUT2D eigenvalue weighted by Crippen LogP contribution is 2.18. The molecule has 3 N–H and O–H groups in total. The molecule has 9 heteroatoms. The van der Waals surface area contributed by atoms with E-state index in [1.54, 1.807) is 36.4 Å². The molecule has 2 aromatic carbocycles. The lowest BCUT2D eigenvalue weighted by atomic mass is 9.95. The van der Waals surface area contributed by atoms with Gasteiger partial charge in [0, 0.05) is 34.8 Å². The highest BCUT2D eigenvalue weighted by atomic mass is 35.5. The molecule has 0 atom stereocenters. The summed E-state index contributed by atoms with van der Waals surface area (Å²) >= 11 is 5.81. The van der Waals surface area contributed by atoms with Gasteiger partial charge in [-0.1, -0.05) is 38.4 Å². The van der Waals surface area contributed by atoms with E-state index < -0.39 is 15.4 Å². The maximum Gasteiger partial charge on any atom is 0.251 e. The number of anilines is 1. The number of sulfonamides is 1. The van der Waals surface area contributed by atoms with Gasteiger partial charge in [-0.3, -0.25) is 9.59 Å². The standard InChI is InChI=1S/C20H24ClN3O4S/c1-20(2,3)19(26)24-16-9-7-14(8-10-16)18(25)22-11-12-23-29(27,28)17-6-4-5-15(21)13-17/h4-10,13,23H,11-12H2,1-3H3,(H,22,25)(H,24,26). The SMILES string of the molecule is CC(C)(C)C(=O)Nc1ccc(C(=O)NCCNS(=O)(=O)c2cccc(Cl)c2)cc1. The van der Waals surface area contributed by atoms with Crippen molar-refractivity contribution < 1.29 is 18.0 Å². The second-order valence-corrected chi connectivity index (χ2v) is 9.60. The lowest BCUT2D eigenvalue weighted by Crippen LogP contribution is -2.34. The van der Waals surface area contributed by atoms with Crippen molar-refractivity contribution >= 4 is 39.1 Å². The van der Waals surface area contributed by atoms with Gasteiger partial charge in [-0.15, -0.1) is 0 Å². The van der Waals surface area contributed by atoms with Gasteiger partial charge < -0.3 is 10.6 Å². The Kier molecular flexibility index (Phi) is 7.40. The molecule has 0 aromatic heterocycles. The van der Waals surface area contributed by atoms with E-state index >= 15 is 0 Å². The lowest BCUT2D eigenvalue weighted by Gasteiger charge is -2.17. The van der Waals surface area contributed by atoms with E-state index in [9.17, 15) is 18.0 Å². The van der Waals surface area contributed by atoms with Crippen LogP contribution in [0.4, 0.5) is 5.69 Å². The van der Waals surface area contributed by atoms with Gasteiger partial charge in [0.1, 0.15) is 0 Å². The third-order valence-corrected chi connectivity index (χ3v) is 5.59. The molecule has 0 aliphatic heterocycles. The fourth-order valence-electron chi connectivity index (χ4n) is 2.20. The van der Waals surface area contributed by atoms with E-state index in [0.717, 1.165) is 0 Å². The first-order valence-electron chi connectivity index (χ1n) is 8.94. The zero-order valence-electron chi connectivity index (χ0n) is 16.5. The van der Waals surface area contributed by atoms with Crippen LogP contribution in [0.15, 0.2) is 53.4 Å². The molecule has 0 spiro atoms. The third-order valence-electron chi connectivity index (χ3n) is 3.90. The molecule has 2 aromatic rings. The molecule has 0 aliphatic rings. The second kappa shape index (κ2) is 9.39. The topological polar surface area (TPSA) is 104 Å². The molecule has 0 unspecified atom stereocenters. The van der Waals surface area contributed by atoms with Crippen LogP contribution in [-0.2, 0) is 14.8 Å². The van der Waals surface area contributed by atoms with Crippen molar-refractivity contribution in [3.05, 3.63) is 59.1 Å². The normalized spacial score (nSPS) is 11.7. The average Bonchev–Trinajstić information content (AvgIpc) is 2.65. The summed E-state index contributed by atoms with van der Waals surface area (Å²) < 4.78 is 26.8. The molecule has 0 saturated carbocycles. The summed E-state index contributed by atoms with van der Waals surface area (Å²) in [6.45, 7) is 5.57. The zero-order chi connectivity index (χ0) is 21.7. The summed E-state index contributed by atoms with van der Waals surface area (Å²) in [4.78, 5) is 24.2. The van der Waals surface area contributed by atoms with Gasteiger partial charge in [0.2, 0.25) is 15.9 Å². The highest BCUT2D eigenvalue weighted by molar-refractivity contribution is 7.89. The van der Waals surface area contributed by atoms with E-state index in [4.69, 9.17) is 11.6 Å². The number of hydrogen-bond donors (Lipinski definition) is 3. The van der Waals surface area contributed by atoms with Gasteiger partial charge in [0.25, 0.3) is 5.91 Å². The number of nitrogens with one attached hydrogen (secondary N) is 3. The first-order valence-corrected chi connectivity index (χ1v) is 10.8. The Hall–Kier alpha value is -2.42. The summed E-state index contributed by atoms with van der Waals surface area (Å²) in [6.07, 6.45) is 0.